The Morgan fingerprint density at radius 2 is 1.73 bits per heavy atom. The maximum absolute atomic E-state index is 12.7. The van der Waals surface area contributed by atoms with Crippen molar-refractivity contribution in [2.75, 3.05) is 4.72 Å². The molecule has 2 aromatic carbocycles. The standard InChI is InChI=1S/C23H24N4O2S/c1-3-4-5-17-6-12-20(13-7-17)30(28,29)27-19-10-8-18(9-11-19)22-21-14-16(2)26-23(21)25-15-24-22/h6-15,27H,3-5H2,1-2H3,(H,24,25,26). The van der Waals surface area contributed by atoms with Gasteiger partial charge in [0.05, 0.1) is 10.6 Å². The van der Waals surface area contributed by atoms with Crippen LogP contribution in [-0.2, 0) is 16.4 Å². The number of unbranched alkanes of at least 4 members (excludes halogenated alkanes) is 1. The summed E-state index contributed by atoms with van der Waals surface area (Å²) in [4.78, 5) is 12.1. The molecule has 30 heavy (non-hydrogen) atoms. The lowest BCUT2D eigenvalue weighted by Gasteiger charge is -2.10. The summed E-state index contributed by atoms with van der Waals surface area (Å²) in [6.45, 7) is 4.11. The number of hydrogen-bond acceptors (Lipinski definition) is 4. The molecule has 2 N–H and O–H groups in total. The average molecular weight is 421 g/mol. The highest BCUT2D eigenvalue weighted by Crippen LogP contribution is 2.27. The number of fused-ring (bicyclic) bond motifs is 1. The lowest BCUT2D eigenvalue weighted by Crippen LogP contribution is -2.12. The molecule has 2 heterocycles. The second-order valence-corrected chi connectivity index (χ2v) is 9.05. The topological polar surface area (TPSA) is 87.7 Å². The third-order valence-electron chi connectivity index (χ3n) is 5.02. The van der Waals surface area contributed by atoms with Gasteiger partial charge in [0.25, 0.3) is 10.0 Å². The third kappa shape index (κ3) is 4.21. The van der Waals surface area contributed by atoms with Crippen molar-refractivity contribution in [3.63, 3.8) is 0 Å². The van der Waals surface area contributed by atoms with Gasteiger partial charge in [0.1, 0.15) is 12.0 Å². The van der Waals surface area contributed by atoms with Crippen molar-refractivity contribution in [2.45, 2.75) is 38.0 Å². The lowest BCUT2D eigenvalue weighted by molar-refractivity contribution is 0.601. The first kappa shape index (κ1) is 20.1. The van der Waals surface area contributed by atoms with Gasteiger partial charge in [0.2, 0.25) is 0 Å². The molecule has 6 nitrogen and oxygen atoms in total. The highest BCUT2D eigenvalue weighted by Gasteiger charge is 2.15. The Morgan fingerprint density at radius 1 is 1.00 bits per heavy atom. The third-order valence-corrected chi connectivity index (χ3v) is 6.42. The van der Waals surface area contributed by atoms with Gasteiger partial charge < -0.3 is 4.98 Å². The van der Waals surface area contributed by atoms with Gasteiger partial charge in [-0.25, -0.2) is 18.4 Å². The molecular formula is C23H24N4O2S. The van der Waals surface area contributed by atoms with Crippen molar-refractivity contribution >= 4 is 26.7 Å². The number of aromatic nitrogens is 3. The lowest BCUT2D eigenvalue weighted by atomic mass is 10.1. The van der Waals surface area contributed by atoms with Crippen molar-refractivity contribution in [3.8, 4) is 11.3 Å². The molecule has 0 aliphatic carbocycles. The fourth-order valence-corrected chi connectivity index (χ4v) is 4.49. The summed E-state index contributed by atoms with van der Waals surface area (Å²) in [6.07, 6.45) is 4.69. The molecule has 0 unspecified atom stereocenters. The normalized spacial score (nSPS) is 11.7. The highest BCUT2D eigenvalue weighted by atomic mass is 32.2. The molecule has 4 rings (SSSR count). The Kier molecular flexibility index (Phi) is 5.55. The molecule has 0 bridgehead atoms. The van der Waals surface area contributed by atoms with Crippen molar-refractivity contribution in [2.24, 2.45) is 0 Å². The molecule has 2 aromatic heterocycles. The zero-order chi connectivity index (χ0) is 21.1. The zero-order valence-electron chi connectivity index (χ0n) is 17.0. The Labute approximate surface area is 176 Å². The predicted molar refractivity (Wildman–Crippen MR) is 120 cm³/mol. The first-order valence-electron chi connectivity index (χ1n) is 9.99. The first-order chi connectivity index (χ1) is 14.5. The summed E-state index contributed by atoms with van der Waals surface area (Å²) >= 11 is 0. The number of H-pyrrole nitrogens is 1. The Hall–Kier alpha value is -3.19. The Balaban J connectivity index is 1.54. The molecule has 0 atom stereocenters. The van der Waals surface area contributed by atoms with Gasteiger partial charge in [-0.2, -0.15) is 0 Å². The van der Waals surface area contributed by atoms with E-state index < -0.39 is 10.0 Å². The number of nitrogens with zero attached hydrogens (tertiary/aromatic N) is 2. The van der Waals surface area contributed by atoms with E-state index >= 15 is 0 Å². The van der Waals surface area contributed by atoms with Crippen molar-refractivity contribution in [1.29, 1.82) is 0 Å². The Morgan fingerprint density at radius 3 is 2.43 bits per heavy atom. The van der Waals surface area contributed by atoms with Crippen LogP contribution in [0.5, 0.6) is 0 Å². The minimum Gasteiger partial charge on any atom is -0.343 e. The second kappa shape index (κ2) is 8.28. The molecular weight excluding hydrogens is 396 g/mol. The number of anilines is 1. The van der Waals surface area contributed by atoms with E-state index in [2.05, 4.69) is 26.6 Å². The number of nitrogens with one attached hydrogen (secondary N) is 2. The molecule has 0 saturated carbocycles. The van der Waals surface area contributed by atoms with Gasteiger partial charge in [-0.1, -0.05) is 37.6 Å². The van der Waals surface area contributed by atoms with Crippen LogP contribution < -0.4 is 4.72 Å². The zero-order valence-corrected chi connectivity index (χ0v) is 17.8. The molecule has 0 radical (unpaired) electrons. The van der Waals surface area contributed by atoms with Crippen LogP contribution in [0.4, 0.5) is 5.69 Å². The molecule has 0 fully saturated rings. The van der Waals surface area contributed by atoms with Gasteiger partial charge in [-0.15, -0.1) is 0 Å². The predicted octanol–water partition coefficient (Wildman–Crippen LogP) is 5.08. The summed E-state index contributed by atoms with van der Waals surface area (Å²) in [7, 11) is -3.64. The van der Waals surface area contributed by atoms with Crippen molar-refractivity contribution < 1.29 is 8.42 Å². The van der Waals surface area contributed by atoms with Crippen LogP contribution in [0.1, 0.15) is 31.0 Å². The van der Waals surface area contributed by atoms with Crippen LogP contribution in [0.2, 0.25) is 0 Å². The monoisotopic (exact) mass is 420 g/mol. The summed E-state index contributed by atoms with van der Waals surface area (Å²) in [5.41, 5.74) is 5.15. The van der Waals surface area contributed by atoms with Gasteiger partial charge in [0, 0.05) is 22.3 Å². The summed E-state index contributed by atoms with van der Waals surface area (Å²) in [5, 5.41) is 0.937. The second-order valence-electron chi connectivity index (χ2n) is 7.37. The van der Waals surface area contributed by atoms with E-state index in [0.717, 1.165) is 52.8 Å². The van der Waals surface area contributed by atoms with E-state index in [0.29, 0.717) is 5.69 Å². The quantitative estimate of drug-likeness (QED) is 0.437. The van der Waals surface area contributed by atoms with Crippen LogP contribution in [-0.4, -0.2) is 23.4 Å². The number of aromatic amines is 1. The molecule has 154 valence electrons. The fourth-order valence-electron chi connectivity index (χ4n) is 3.43. The van der Waals surface area contributed by atoms with Crippen LogP contribution in [0.3, 0.4) is 0 Å². The van der Waals surface area contributed by atoms with E-state index in [4.69, 9.17) is 0 Å². The number of hydrogen-bond donors (Lipinski definition) is 2. The summed E-state index contributed by atoms with van der Waals surface area (Å²) in [5.74, 6) is 0. The van der Waals surface area contributed by atoms with E-state index in [1.165, 1.54) is 6.33 Å². The molecule has 0 spiro atoms. The van der Waals surface area contributed by atoms with E-state index in [-0.39, 0.29) is 4.90 Å². The molecule has 0 saturated heterocycles. The number of aryl methyl sites for hydroxylation is 2. The number of sulfonamides is 1. The largest absolute Gasteiger partial charge is 0.343 e. The smallest absolute Gasteiger partial charge is 0.261 e. The van der Waals surface area contributed by atoms with E-state index in [1.54, 1.807) is 24.3 Å². The Bertz CT molecular complexity index is 1260. The van der Waals surface area contributed by atoms with Crippen LogP contribution >= 0.6 is 0 Å². The van der Waals surface area contributed by atoms with Gasteiger partial charge in [-0.3, -0.25) is 4.72 Å². The SMILES string of the molecule is CCCCc1ccc(S(=O)(=O)Nc2ccc(-c3ncnc4[nH]c(C)cc34)cc2)cc1. The van der Waals surface area contributed by atoms with Gasteiger partial charge in [-0.05, 0) is 55.7 Å². The summed E-state index contributed by atoms with van der Waals surface area (Å²) in [6, 6.07) is 16.3. The summed E-state index contributed by atoms with van der Waals surface area (Å²) < 4.78 is 28.1. The fraction of sp³-hybridized carbons (Fsp3) is 0.217. The molecule has 0 aliphatic rings. The van der Waals surface area contributed by atoms with Gasteiger partial charge in [0.15, 0.2) is 0 Å². The number of benzene rings is 2. The van der Waals surface area contributed by atoms with Crippen LogP contribution in [0, 0.1) is 6.92 Å². The highest BCUT2D eigenvalue weighted by molar-refractivity contribution is 7.92. The van der Waals surface area contributed by atoms with Crippen molar-refractivity contribution in [3.05, 3.63) is 72.2 Å². The minimum atomic E-state index is -3.64. The maximum Gasteiger partial charge on any atom is 0.261 e. The van der Waals surface area contributed by atoms with Crippen LogP contribution in [0.25, 0.3) is 22.3 Å². The molecule has 0 aliphatic heterocycles. The minimum absolute atomic E-state index is 0.257. The van der Waals surface area contributed by atoms with Gasteiger partial charge >= 0.3 is 0 Å². The number of rotatable bonds is 7. The molecule has 4 aromatic rings. The van der Waals surface area contributed by atoms with E-state index in [1.807, 2.05) is 37.3 Å². The van der Waals surface area contributed by atoms with Crippen LogP contribution in [0.15, 0.2) is 65.8 Å². The van der Waals surface area contributed by atoms with E-state index in [9.17, 15) is 8.42 Å². The first-order valence-corrected chi connectivity index (χ1v) is 11.5. The average Bonchev–Trinajstić information content (AvgIpc) is 3.13. The maximum atomic E-state index is 12.7. The molecule has 7 heteroatoms. The molecule has 0 amide bonds. The van der Waals surface area contributed by atoms with Crippen molar-refractivity contribution in [1.82, 2.24) is 15.0 Å².